The van der Waals surface area contributed by atoms with E-state index in [-0.39, 0.29) is 5.82 Å². The molecule has 0 spiro atoms. The number of aryl methyl sites for hydroxylation is 1. The van der Waals surface area contributed by atoms with E-state index >= 15 is 0 Å². The lowest BCUT2D eigenvalue weighted by atomic mass is 10.1. The molecule has 100 valence electrons. The number of nitrogen functional groups attached to an aromatic ring is 1. The van der Waals surface area contributed by atoms with Crippen LogP contribution in [-0.4, -0.2) is 7.11 Å². The minimum atomic E-state index is -0.303. The van der Waals surface area contributed by atoms with Crippen LogP contribution in [0.4, 0.5) is 15.8 Å². The second-order valence-electron chi connectivity index (χ2n) is 4.39. The number of hydrogen-bond donors (Lipinski definition) is 2. The summed E-state index contributed by atoms with van der Waals surface area (Å²) in [6.45, 7) is 2.57. The third kappa shape index (κ3) is 3.16. The van der Waals surface area contributed by atoms with E-state index in [9.17, 15) is 4.39 Å². The van der Waals surface area contributed by atoms with E-state index < -0.39 is 0 Å². The van der Waals surface area contributed by atoms with Crippen LogP contribution in [0.2, 0.25) is 0 Å². The van der Waals surface area contributed by atoms with Crippen molar-refractivity contribution in [2.75, 3.05) is 18.2 Å². The fourth-order valence-corrected chi connectivity index (χ4v) is 1.93. The SMILES string of the molecule is COc1ccc(CNc2cc(F)ccc2N)cc1C. The molecule has 0 aromatic heterocycles. The molecule has 0 saturated carbocycles. The molecule has 3 N–H and O–H groups in total. The maximum Gasteiger partial charge on any atom is 0.125 e. The van der Waals surface area contributed by atoms with Crippen molar-refractivity contribution in [2.45, 2.75) is 13.5 Å². The van der Waals surface area contributed by atoms with Crippen LogP contribution < -0.4 is 15.8 Å². The van der Waals surface area contributed by atoms with Crippen LogP contribution in [0.15, 0.2) is 36.4 Å². The highest BCUT2D eigenvalue weighted by Crippen LogP contribution is 2.22. The normalized spacial score (nSPS) is 10.3. The Kier molecular flexibility index (Phi) is 3.90. The number of rotatable bonds is 4. The van der Waals surface area contributed by atoms with Gasteiger partial charge >= 0.3 is 0 Å². The van der Waals surface area contributed by atoms with Crippen LogP contribution in [-0.2, 0) is 6.54 Å². The first-order chi connectivity index (χ1) is 9.10. The Balaban J connectivity index is 2.10. The van der Waals surface area contributed by atoms with E-state index in [1.165, 1.54) is 12.1 Å². The molecule has 0 heterocycles. The minimum Gasteiger partial charge on any atom is -0.496 e. The first-order valence-electron chi connectivity index (χ1n) is 6.02. The number of nitrogens with two attached hydrogens (primary N) is 1. The molecule has 0 aliphatic carbocycles. The highest BCUT2D eigenvalue weighted by molar-refractivity contribution is 5.65. The Morgan fingerprint density at radius 2 is 2.00 bits per heavy atom. The summed E-state index contributed by atoms with van der Waals surface area (Å²) < 4.78 is 18.3. The summed E-state index contributed by atoms with van der Waals surface area (Å²) in [7, 11) is 1.65. The number of benzene rings is 2. The summed E-state index contributed by atoms with van der Waals surface area (Å²) in [5.41, 5.74) is 9.07. The van der Waals surface area contributed by atoms with E-state index in [2.05, 4.69) is 5.32 Å². The second-order valence-corrected chi connectivity index (χ2v) is 4.39. The quantitative estimate of drug-likeness (QED) is 0.829. The van der Waals surface area contributed by atoms with Crippen molar-refractivity contribution < 1.29 is 9.13 Å². The lowest BCUT2D eigenvalue weighted by Crippen LogP contribution is -2.03. The maximum absolute atomic E-state index is 13.1. The standard InChI is InChI=1S/C15H17FN2O/c1-10-7-11(3-6-15(10)19-2)9-18-14-8-12(16)4-5-13(14)17/h3-8,18H,9,17H2,1-2H3. The molecule has 0 atom stereocenters. The van der Waals surface area contributed by atoms with E-state index in [0.717, 1.165) is 16.9 Å². The minimum absolute atomic E-state index is 0.303. The predicted molar refractivity (Wildman–Crippen MR) is 75.9 cm³/mol. The van der Waals surface area contributed by atoms with Crippen molar-refractivity contribution in [3.05, 3.63) is 53.3 Å². The van der Waals surface area contributed by atoms with Gasteiger partial charge in [-0.15, -0.1) is 0 Å². The average molecular weight is 260 g/mol. The van der Waals surface area contributed by atoms with Crippen molar-refractivity contribution >= 4 is 11.4 Å². The number of halogens is 1. The monoisotopic (exact) mass is 260 g/mol. The Morgan fingerprint density at radius 3 is 2.68 bits per heavy atom. The summed E-state index contributed by atoms with van der Waals surface area (Å²) >= 11 is 0. The molecule has 2 aromatic rings. The number of ether oxygens (including phenoxy) is 1. The Labute approximate surface area is 112 Å². The largest absolute Gasteiger partial charge is 0.496 e. The van der Waals surface area contributed by atoms with Crippen molar-refractivity contribution in [3.8, 4) is 5.75 Å². The van der Waals surface area contributed by atoms with Crippen LogP contribution in [0.25, 0.3) is 0 Å². The third-order valence-corrected chi connectivity index (χ3v) is 2.96. The van der Waals surface area contributed by atoms with E-state index in [1.54, 1.807) is 13.2 Å². The summed E-state index contributed by atoms with van der Waals surface area (Å²) in [6, 6.07) is 10.2. The lowest BCUT2D eigenvalue weighted by Gasteiger charge is -2.11. The lowest BCUT2D eigenvalue weighted by molar-refractivity contribution is 0.411. The molecule has 0 radical (unpaired) electrons. The van der Waals surface area contributed by atoms with E-state index in [1.807, 2.05) is 25.1 Å². The van der Waals surface area contributed by atoms with Crippen LogP contribution in [0.1, 0.15) is 11.1 Å². The molecular formula is C15H17FN2O. The molecule has 0 unspecified atom stereocenters. The molecule has 2 aromatic carbocycles. The summed E-state index contributed by atoms with van der Waals surface area (Å²) in [5, 5.41) is 3.13. The van der Waals surface area contributed by atoms with Gasteiger partial charge in [-0.05, 0) is 42.3 Å². The van der Waals surface area contributed by atoms with Gasteiger partial charge in [0, 0.05) is 6.54 Å². The van der Waals surface area contributed by atoms with E-state index in [0.29, 0.717) is 17.9 Å². The van der Waals surface area contributed by atoms with Gasteiger partial charge in [0.25, 0.3) is 0 Å². The number of methoxy groups -OCH3 is 1. The average Bonchev–Trinajstić information content (AvgIpc) is 2.40. The van der Waals surface area contributed by atoms with Gasteiger partial charge in [0.1, 0.15) is 11.6 Å². The van der Waals surface area contributed by atoms with Crippen molar-refractivity contribution in [3.63, 3.8) is 0 Å². The van der Waals surface area contributed by atoms with Gasteiger partial charge < -0.3 is 15.8 Å². The highest BCUT2D eigenvalue weighted by Gasteiger charge is 2.03. The van der Waals surface area contributed by atoms with Crippen LogP contribution >= 0.6 is 0 Å². The fourth-order valence-electron chi connectivity index (χ4n) is 1.93. The zero-order chi connectivity index (χ0) is 13.8. The smallest absolute Gasteiger partial charge is 0.125 e. The van der Waals surface area contributed by atoms with Crippen LogP contribution in [0.3, 0.4) is 0 Å². The van der Waals surface area contributed by atoms with E-state index in [4.69, 9.17) is 10.5 Å². The molecule has 0 bridgehead atoms. The molecule has 4 heteroatoms. The summed E-state index contributed by atoms with van der Waals surface area (Å²) in [6.07, 6.45) is 0. The van der Waals surface area contributed by atoms with Gasteiger partial charge in [-0.25, -0.2) is 4.39 Å². The Hall–Kier alpha value is -2.23. The first-order valence-corrected chi connectivity index (χ1v) is 6.02. The second kappa shape index (κ2) is 5.61. The maximum atomic E-state index is 13.1. The number of anilines is 2. The van der Waals surface area contributed by atoms with Crippen LogP contribution in [0, 0.1) is 12.7 Å². The van der Waals surface area contributed by atoms with Gasteiger partial charge in [-0.1, -0.05) is 12.1 Å². The third-order valence-electron chi connectivity index (χ3n) is 2.96. The molecular weight excluding hydrogens is 243 g/mol. The topological polar surface area (TPSA) is 47.3 Å². The van der Waals surface area contributed by atoms with Crippen molar-refractivity contribution in [2.24, 2.45) is 0 Å². The summed E-state index contributed by atoms with van der Waals surface area (Å²) in [4.78, 5) is 0. The molecule has 19 heavy (non-hydrogen) atoms. The molecule has 3 nitrogen and oxygen atoms in total. The first kappa shape index (κ1) is 13.2. The molecule has 0 aliphatic heterocycles. The highest BCUT2D eigenvalue weighted by atomic mass is 19.1. The fraction of sp³-hybridized carbons (Fsp3) is 0.200. The van der Waals surface area contributed by atoms with Gasteiger partial charge in [0.2, 0.25) is 0 Å². The molecule has 0 aliphatic rings. The number of hydrogen-bond acceptors (Lipinski definition) is 3. The zero-order valence-corrected chi connectivity index (χ0v) is 11.0. The molecule has 0 amide bonds. The van der Waals surface area contributed by atoms with Crippen molar-refractivity contribution in [1.82, 2.24) is 0 Å². The van der Waals surface area contributed by atoms with Crippen LogP contribution in [0.5, 0.6) is 5.75 Å². The van der Waals surface area contributed by atoms with Gasteiger partial charge in [0.15, 0.2) is 0 Å². The van der Waals surface area contributed by atoms with Gasteiger partial charge in [0.05, 0.1) is 18.5 Å². The molecule has 0 saturated heterocycles. The Morgan fingerprint density at radius 1 is 1.21 bits per heavy atom. The molecule has 0 fully saturated rings. The van der Waals surface area contributed by atoms with Gasteiger partial charge in [-0.3, -0.25) is 0 Å². The molecule has 2 rings (SSSR count). The Bertz CT molecular complexity index is 584. The van der Waals surface area contributed by atoms with Crippen molar-refractivity contribution in [1.29, 1.82) is 0 Å². The number of nitrogens with one attached hydrogen (secondary N) is 1. The zero-order valence-electron chi connectivity index (χ0n) is 11.0. The van der Waals surface area contributed by atoms with Gasteiger partial charge in [-0.2, -0.15) is 0 Å². The summed E-state index contributed by atoms with van der Waals surface area (Å²) in [5.74, 6) is 0.552. The predicted octanol–water partition coefficient (Wildman–Crippen LogP) is 3.34.